The molecule has 0 unspecified atom stereocenters. The molecule has 4 heteroatoms. The van der Waals surface area contributed by atoms with Crippen molar-refractivity contribution >= 4 is 11.7 Å². The number of rotatable bonds is 3. The molecule has 2 rings (SSSR count). The van der Waals surface area contributed by atoms with Crippen LogP contribution in [0.5, 0.6) is 0 Å². The summed E-state index contributed by atoms with van der Waals surface area (Å²) in [6, 6.07) is 9.63. The number of nitrogens with zero attached hydrogens (tertiary/aromatic N) is 1. The van der Waals surface area contributed by atoms with E-state index in [1.165, 1.54) is 0 Å². The summed E-state index contributed by atoms with van der Waals surface area (Å²) in [6.07, 6.45) is 0.244. The zero-order chi connectivity index (χ0) is 10.7. The minimum atomic E-state index is -0.857. The van der Waals surface area contributed by atoms with Gasteiger partial charge < -0.3 is 9.94 Å². The van der Waals surface area contributed by atoms with E-state index in [-0.39, 0.29) is 12.5 Å². The Morgan fingerprint density at radius 1 is 1.47 bits per heavy atom. The van der Waals surface area contributed by atoms with Crippen molar-refractivity contribution in [3.63, 3.8) is 0 Å². The number of carbonyl (C=O) groups is 1. The fourth-order valence-corrected chi connectivity index (χ4v) is 1.53. The monoisotopic (exact) mass is 205 g/mol. The van der Waals surface area contributed by atoms with E-state index < -0.39 is 5.97 Å². The Labute approximate surface area is 87.2 Å². The first-order valence-corrected chi connectivity index (χ1v) is 4.75. The fraction of sp³-hybridized carbons (Fsp3) is 0.273. The molecule has 1 N–H and O–H groups in total. The number of hydrogen-bond acceptors (Lipinski definition) is 3. The van der Waals surface area contributed by atoms with Crippen molar-refractivity contribution in [2.75, 3.05) is 0 Å². The van der Waals surface area contributed by atoms with Crippen LogP contribution in [0.15, 0.2) is 35.5 Å². The molecule has 4 nitrogen and oxygen atoms in total. The molecule has 0 spiro atoms. The van der Waals surface area contributed by atoms with Crippen LogP contribution in [0, 0.1) is 0 Å². The number of carboxylic acid groups (broad SMARTS) is 1. The third-order valence-electron chi connectivity index (χ3n) is 2.24. The van der Waals surface area contributed by atoms with E-state index in [2.05, 4.69) is 5.16 Å². The quantitative estimate of drug-likeness (QED) is 0.816. The summed E-state index contributed by atoms with van der Waals surface area (Å²) in [6.45, 7) is 0. The summed E-state index contributed by atoms with van der Waals surface area (Å²) in [7, 11) is 0. The molecule has 1 aromatic rings. The number of benzene rings is 1. The second kappa shape index (κ2) is 4.13. The van der Waals surface area contributed by atoms with Gasteiger partial charge >= 0.3 is 5.97 Å². The molecule has 0 aromatic heterocycles. The molecular weight excluding hydrogens is 194 g/mol. The summed E-state index contributed by atoms with van der Waals surface area (Å²) in [5.41, 5.74) is 1.81. The Kier molecular flexibility index (Phi) is 2.67. The van der Waals surface area contributed by atoms with Crippen molar-refractivity contribution in [2.24, 2.45) is 5.16 Å². The van der Waals surface area contributed by atoms with Gasteiger partial charge in [0.15, 0.2) is 0 Å². The Morgan fingerprint density at radius 3 is 2.87 bits per heavy atom. The molecule has 1 aromatic carbocycles. The van der Waals surface area contributed by atoms with E-state index in [0.717, 1.165) is 11.3 Å². The van der Waals surface area contributed by atoms with Gasteiger partial charge in [-0.15, -0.1) is 0 Å². The van der Waals surface area contributed by atoms with Crippen LogP contribution in [0.25, 0.3) is 0 Å². The Balaban J connectivity index is 2.01. The lowest BCUT2D eigenvalue weighted by atomic mass is 10.0. The molecule has 1 aliphatic heterocycles. The average Bonchev–Trinajstić information content (AvgIpc) is 2.67. The normalized spacial score (nSPS) is 19.5. The second-order valence-electron chi connectivity index (χ2n) is 3.43. The minimum Gasteiger partial charge on any atom is -0.481 e. The molecule has 0 bridgehead atoms. The highest BCUT2D eigenvalue weighted by Crippen LogP contribution is 2.18. The molecule has 0 fully saturated rings. The van der Waals surface area contributed by atoms with Crippen LogP contribution in [0.2, 0.25) is 0 Å². The molecule has 15 heavy (non-hydrogen) atoms. The molecule has 0 aliphatic carbocycles. The number of carboxylic acids is 1. The molecule has 0 radical (unpaired) electrons. The van der Waals surface area contributed by atoms with Gasteiger partial charge in [0.25, 0.3) is 0 Å². The van der Waals surface area contributed by atoms with Gasteiger partial charge in [0.1, 0.15) is 6.10 Å². The van der Waals surface area contributed by atoms with Crippen LogP contribution in [0.4, 0.5) is 0 Å². The number of oxime groups is 1. The lowest BCUT2D eigenvalue weighted by molar-refractivity contribution is -0.139. The van der Waals surface area contributed by atoms with Gasteiger partial charge in [-0.1, -0.05) is 35.5 Å². The van der Waals surface area contributed by atoms with Gasteiger partial charge in [0, 0.05) is 6.42 Å². The summed E-state index contributed by atoms with van der Waals surface area (Å²) in [4.78, 5) is 15.5. The van der Waals surface area contributed by atoms with Crippen LogP contribution in [0.3, 0.4) is 0 Å². The van der Waals surface area contributed by atoms with Crippen molar-refractivity contribution in [3.8, 4) is 0 Å². The summed E-state index contributed by atoms with van der Waals surface area (Å²) >= 11 is 0. The van der Waals surface area contributed by atoms with Crippen molar-refractivity contribution in [1.82, 2.24) is 0 Å². The maximum atomic E-state index is 10.5. The Bertz CT molecular complexity index is 386. The summed E-state index contributed by atoms with van der Waals surface area (Å²) < 4.78 is 0. The van der Waals surface area contributed by atoms with Crippen molar-refractivity contribution in [3.05, 3.63) is 35.9 Å². The first-order valence-electron chi connectivity index (χ1n) is 4.75. The van der Waals surface area contributed by atoms with Gasteiger partial charge in [-0.05, 0) is 5.56 Å². The molecular formula is C11H11NO3. The minimum absolute atomic E-state index is 0.000165. The molecule has 0 saturated carbocycles. The van der Waals surface area contributed by atoms with Gasteiger partial charge in [-0.25, -0.2) is 0 Å². The second-order valence-corrected chi connectivity index (χ2v) is 3.43. The zero-order valence-corrected chi connectivity index (χ0v) is 8.09. The van der Waals surface area contributed by atoms with E-state index in [0.29, 0.717) is 6.42 Å². The topological polar surface area (TPSA) is 58.9 Å². The van der Waals surface area contributed by atoms with Crippen LogP contribution < -0.4 is 0 Å². The molecule has 0 saturated heterocycles. The Hall–Kier alpha value is -1.84. The summed E-state index contributed by atoms with van der Waals surface area (Å²) in [5, 5.41) is 12.5. The van der Waals surface area contributed by atoms with E-state index in [4.69, 9.17) is 9.94 Å². The highest BCUT2D eigenvalue weighted by Gasteiger charge is 2.24. The molecule has 1 heterocycles. The van der Waals surface area contributed by atoms with Gasteiger partial charge in [-0.2, -0.15) is 0 Å². The van der Waals surface area contributed by atoms with E-state index in [9.17, 15) is 4.79 Å². The molecule has 1 atom stereocenters. The van der Waals surface area contributed by atoms with Crippen LogP contribution in [0.1, 0.15) is 18.4 Å². The molecule has 78 valence electrons. The van der Waals surface area contributed by atoms with Crippen LogP contribution in [-0.4, -0.2) is 22.9 Å². The molecule has 1 aliphatic rings. The lowest BCUT2D eigenvalue weighted by Gasteiger charge is -2.02. The van der Waals surface area contributed by atoms with Crippen LogP contribution in [-0.2, 0) is 9.63 Å². The SMILES string of the molecule is O=C(O)C[C@H]1CC(c2ccccc2)=NO1. The highest BCUT2D eigenvalue weighted by molar-refractivity contribution is 6.01. The molecule has 0 amide bonds. The predicted molar refractivity (Wildman–Crippen MR) is 54.7 cm³/mol. The predicted octanol–water partition coefficient (Wildman–Crippen LogP) is 1.65. The van der Waals surface area contributed by atoms with Gasteiger partial charge in [-0.3, -0.25) is 4.79 Å². The fourth-order valence-electron chi connectivity index (χ4n) is 1.53. The smallest absolute Gasteiger partial charge is 0.307 e. The maximum Gasteiger partial charge on any atom is 0.307 e. The van der Waals surface area contributed by atoms with Gasteiger partial charge in [0.05, 0.1) is 12.1 Å². The largest absolute Gasteiger partial charge is 0.481 e. The Morgan fingerprint density at radius 2 is 2.20 bits per heavy atom. The first kappa shape index (κ1) is 9.71. The third kappa shape index (κ3) is 2.34. The van der Waals surface area contributed by atoms with Crippen molar-refractivity contribution in [1.29, 1.82) is 0 Å². The van der Waals surface area contributed by atoms with E-state index in [1.54, 1.807) is 0 Å². The number of aliphatic carboxylic acids is 1. The average molecular weight is 205 g/mol. The van der Waals surface area contributed by atoms with E-state index in [1.807, 2.05) is 30.3 Å². The highest BCUT2D eigenvalue weighted by atomic mass is 16.6. The maximum absolute atomic E-state index is 10.5. The standard InChI is InChI=1S/C11H11NO3/c13-11(14)7-9-6-10(12-15-9)8-4-2-1-3-5-8/h1-5,9H,6-7H2,(H,13,14)/t9-/m1/s1. The lowest BCUT2D eigenvalue weighted by Crippen LogP contribution is -2.13. The number of hydrogen-bond donors (Lipinski definition) is 1. The van der Waals surface area contributed by atoms with Gasteiger partial charge in [0.2, 0.25) is 0 Å². The van der Waals surface area contributed by atoms with Crippen molar-refractivity contribution < 1.29 is 14.7 Å². The first-order chi connectivity index (χ1) is 7.25. The zero-order valence-electron chi connectivity index (χ0n) is 8.09. The van der Waals surface area contributed by atoms with Crippen molar-refractivity contribution in [2.45, 2.75) is 18.9 Å². The summed E-state index contributed by atoms with van der Waals surface area (Å²) in [5.74, 6) is -0.857. The van der Waals surface area contributed by atoms with Crippen LogP contribution >= 0.6 is 0 Å². The third-order valence-corrected chi connectivity index (χ3v) is 2.24. The van der Waals surface area contributed by atoms with E-state index >= 15 is 0 Å².